The van der Waals surface area contributed by atoms with Gasteiger partial charge >= 0.3 is 0 Å². The summed E-state index contributed by atoms with van der Waals surface area (Å²) < 4.78 is 0. The highest BCUT2D eigenvalue weighted by Crippen LogP contribution is 2.26. The Morgan fingerprint density at radius 1 is 0.955 bits per heavy atom. The molecule has 1 heterocycles. The summed E-state index contributed by atoms with van der Waals surface area (Å²) in [6.45, 7) is 3.59. The number of hydrogen-bond donors (Lipinski definition) is 1. The lowest BCUT2D eigenvalue weighted by atomic mass is 10.0. The van der Waals surface area contributed by atoms with Gasteiger partial charge in [0.2, 0.25) is 5.91 Å². The summed E-state index contributed by atoms with van der Waals surface area (Å²) in [5.74, 6) is -0.162. The van der Waals surface area contributed by atoms with Gasteiger partial charge in [-0.1, -0.05) is 24.3 Å². The minimum atomic E-state index is -0.188. The third kappa shape index (κ3) is 2.62. The molecule has 2 aromatic carbocycles. The largest absolute Gasteiger partial charge is 0.507 e. The number of aromatic hydroxyl groups is 1. The summed E-state index contributed by atoms with van der Waals surface area (Å²) in [5.41, 5.74) is 0.315. The molecule has 5 nitrogen and oxygen atoms in total. The third-order valence-electron chi connectivity index (χ3n) is 4.11. The number of phenols is 1. The lowest BCUT2D eigenvalue weighted by molar-refractivity contribution is -0.130. The van der Waals surface area contributed by atoms with Crippen molar-refractivity contribution in [3.8, 4) is 5.75 Å². The molecule has 0 spiro atoms. The molecule has 0 saturated carbocycles. The van der Waals surface area contributed by atoms with Crippen LogP contribution in [-0.2, 0) is 4.79 Å². The molecule has 2 aromatic rings. The van der Waals surface area contributed by atoms with Crippen LogP contribution in [0, 0.1) is 0 Å². The number of hydrogen-bond acceptors (Lipinski definition) is 3. The van der Waals surface area contributed by atoms with Crippen molar-refractivity contribution in [3.05, 3.63) is 42.0 Å². The van der Waals surface area contributed by atoms with E-state index in [1.807, 2.05) is 24.3 Å². The summed E-state index contributed by atoms with van der Waals surface area (Å²) in [6, 6.07) is 11.0. The number of carbonyl (C=O) groups is 2. The fraction of sp³-hybridized carbons (Fsp3) is 0.294. The van der Waals surface area contributed by atoms with Crippen LogP contribution in [0.15, 0.2) is 36.4 Å². The molecule has 114 valence electrons. The first-order chi connectivity index (χ1) is 10.6. The van der Waals surface area contributed by atoms with Gasteiger partial charge in [-0.3, -0.25) is 9.59 Å². The minimum Gasteiger partial charge on any atom is -0.507 e. The van der Waals surface area contributed by atoms with Gasteiger partial charge in [-0.2, -0.15) is 0 Å². The van der Waals surface area contributed by atoms with Crippen molar-refractivity contribution in [2.75, 3.05) is 26.2 Å². The standard InChI is InChI=1S/C17H18N2O3/c1-12(20)18-6-8-19(9-7-18)17(22)15-10-13-4-2-3-5-14(13)11-16(15)21/h2-5,10-11,21H,6-9H2,1H3. The Morgan fingerprint density at radius 2 is 1.50 bits per heavy atom. The second-order valence-electron chi connectivity index (χ2n) is 5.51. The van der Waals surface area contributed by atoms with E-state index in [2.05, 4.69) is 0 Å². The van der Waals surface area contributed by atoms with E-state index in [1.165, 1.54) is 6.92 Å². The van der Waals surface area contributed by atoms with E-state index in [9.17, 15) is 14.7 Å². The topological polar surface area (TPSA) is 60.9 Å². The lowest BCUT2D eigenvalue weighted by Crippen LogP contribution is -2.50. The Hall–Kier alpha value is -2.56. The van der Waals surface area contributed by atoms with Crippen molar-refractivity contribution in [1.82, 2.24) is 9.80 Å². The van der Waals surface area contributed by atoms with Crippen LogP contribution < -0.4 is 0 Å². The van der Waals surface area contributed by atoms with E-state index in [0.29, 0.717) is 31.7 Å². The number of piperazine rings is 1. The molecule has 1 fully saturated rings. The van der Waals surface area contributed by atoms with Crippen LogP contribution in [0.5, 0.6) is 5.75 Å². The SMILES string of the molecule is CC(=O)N1CCN(C(=O)c2cc3ccccc3cc2O)CC1. The van der Waals surface area contributed by atoms with Crippen molar-refractivity contribution in [3.63, 3.8) is 0 Å². The van der Waals surface area contributed by atoms with Crippen molar-refractivity contribution in [2.45, 2.75) is 6.92 Å². The van der Waals surface area contributed by atoms with Gasteiger partial charge in [-0.25, -0.2) is 0 Å². The van der Waals surface area contributed by atoms with E-state index in [1.54, 1.807) is 21.9 Å². The first-order valence-electron chi connectivity index (χ1n) is 7.33. The predicted molar refractivity (Wildman–Crippen MR) is 83.8 cm³/mol. The van der Waals surface area contributed by atoms with E-state index in [0.717, 1.165) is 10.8 Å². The molecule has 0 aliphatic carbocycles. The van der Waals surface area contributed by atoms with Gasteiger partial charge in [-0.05, 0) is 22.9 Å². The fourth-order valence-electron chi connectivity index (χ4n) is 2.79. The van der Waals surface area contributed by atoms with Crippen LogP contribution in [0.2, 0.25) is 0 Å². The number of fused-ring (bicyclic) bond motifs is 1. The summed E-state index contributed by atoms with van der Waals surface area (Å²) in [7, 11) is 0. The third-order valence-corrected chi connectivity index (χ3v) is 4.11. The molecule has 2 amide bonds. The predicted octanol–water partition coefficient (Wildman–Crippen LogP) is 1.85. The number of amides is 2. The van der Waals surface area contributed by atoms with Crippen LogP contribution in [0.4, 0.5) is 0 Å². The Kier molecular flexibility index (Phi) is 3.71. The van der Waals surface area contributed by atoms with E-state index in [-0.39, 0.29) is 17.6 Å². The minimum absolute atomic E-state index is 0.00213. The van der Waals surface area contributed by atoms with E-state index >= 15 is 0 Å². The molecule has 0 bridgehead atoms. The number of phenolic OH excluding ortho intramolecular Hbond substituents is 1. The fourth-order valence-corrected chi connectivity index (χ4v) is 2.79. The molecular weight excluding hydrogens is 280 g/mol. The molecule has 0 unspecified atom stereocenters. The van der Waals surface area contributed by atoms with Gasteiger partial charge in [0.25, 0.3) is 5.91 Å². The molecule has 1 aliphatic rings. The van der Waals surface area contributed by atoms with Crippen LogP contribution in [-0.4, -0.2) is 52.9 Å². The first kappa shape index (κ1) is 14.4. The molecule has 0 atom stereocenters. The normalized spacial score (nSPS) is 15.1. The van der Waals surface area contributed by atoms with Crippen LogP contribution in [0.1, 0.15) is 17.3 Å². The summed E-state index contributed by atoms with van der Waals surface area (Å²) in [4.78, 5) is 27.3. The van der Waals surface area contributed by atoms with Crippen molar-refractivity contribution >= 4 is 22.6 Å². The first-order valence-corrected chi connectivity index (χ1v) is 7.33. The van der Waals surface area contributed by atoms with Crippen LogP contribution in [0.3, 0.4) is 0 Å². The number of benzene rings is 2. The quantitative estimate of drug-likeness (QED) is 0.874. The lowest BCUT2D eigenvalue weighted by Gasteiger charge is -2.34. The average molecular weight is 298 g/mol. The molecule has 0 aromatic heterocycles. The van der Waals surface area contributed by atoms with Crippen molar-refractivity contribution < 1.29 is 14.7 Å². The number of carbonyl (C=O) groups excluding carboxylic acids is 2. The molecule has 1 N–H and O–H groups in total. The second-order valence-corrected chi connectivity index (χ2v) is 5.51. The Morgan fingerprint density at radius 3 is 2.09 bits per heavy atom. The van der Waals surface area contributed by atoms with Gasteiger partial charge in [-0.15, -0.1) is 0 Å². The van der Waals surface area contributed by atoms with Gasteiger partial charge in [0.1, 0.15) is 5.75 Å². The highest BCUT2D eigenvalue weighted by molar-refractivity contribution is 6.01. The average Bonchev–Trinajstić information content (AvgIpc) is 2.53. The zero-order valence-electron chi connectivity index (χ0n) is 12.5. The summed E-state index contributed by atoms with van der Waals surface area (Å²) in [6.07, 6.45) is 0. The Bertz CT molecular complexity index is 734. The van der Waals surface area contributed by atoms with Gasteiger partial charge < -0.3 is 14.9 Å². The zero-order valence-corrected chi connectivity index (χ0v) is 12.5. The van der Waals surface area contributed by atoms with Crippen molar-refractivity contribution in [2.24, 2.45) is 0 Å². The van der Waals surface area contributed by atoms with E-state index in [4.69, 9.17) is 0 Å². The smallest absolute Gasteiger partial charge is 0.257 e. The monoisotopic (exact) mass is 298 g/mol. The molecule has 3 rings (SSSR count). The summed E-state index contributed by atoms with van der Waals surface area (Å²) >= 11 is 0. The summed E-state index contributed by atoms with van der Waals surface area (Å²) in [5, 5.41) is 12.0. The highest BCUT2D eigenvalue weighted by atomic mass is 16.3. The van der Waals surface area contributed by atoms with E-state index < -0.39 is 0 Å². The van der Waals surface area contributed by atoms with Crippen molar-refractivity contribution in [1.29, 1.82) is 0 Å². The number of nitrogens with zero attached hydrogens (tertiary/aromatic N) is 2. The molecule has 0 radical (unpaired) electrons. The Labute approximate surface area is 128 Å². The second kappa shape index (κ2) is 5.67. The van der Waals surface area contributed by atoms with Gasteiger partial charge in [0.15, 0.2) is 0 Å². The highest BCUT2D eigenvalue weighted by Gasteiger charge is 2.25. The molecular formula is C17H18N2O3. The zero-order chi connectivity index (χ0) is 15.7. The molecule has 1 saturated heterocycles. The maximum Gasteiger partial charge on any atom is 0.257 e. The molecule has 1 aliphatic heterocycles. The maximum atomic E-state index is 12.6. The molecule has 22 heavy (non-hydrogen) atoms. The van der Waals surface area contributed by atoms with Crippen LogP contribution >= 0.6 is 0 Å². The van der Waals surface area contributed by atoms with Crippen LogP contribution in [0.25, 0.3) is 10.8 Å². The number of rotatable bonds is 1. The van der Waals surface area contributed by atoms with Gasteiger partial charge in [0.05, 0.1) is 5.56 Å². The van der Waals surface area contributed by atoms with Gasteiger partial charge in [0, 0.05) is 33.1 Å². The Balaban J connectivity index is 1.83. The molecule has 5 heteroatoms. The maximum absolute atomic E-state index is 12.6.